The summed E-state index contributed by atoms with van der Waals surface area (Å²) in [6.07, 6.45) is 11.8. The quantitative estimate of drug-likeness (QED) is 0.707. The summed E-state index contributed by atoms with van der Waals surface area (Å²) in [6, 6.07) is 1.14. The Hall–Kier alpha value is -0.650. The number of nitrogens with two attached hydrogens (primary N) is 1. The lowest BCUT2D eigenvalue weighted by Gasteiger charge is -2.40. The van der Waals surface area contributed by atoms with Gasteiger partial charge in [-0.3, -0.25) is 9.69 Å². The molecule has 0 aromatic heterocycles. The largest absolute Gasteiger partial charge is 0.468 e. The standard InChI is InChI=1S/C20H37N3O2/c1-3-11-23-15-21-17-13-18(20(24)25-2)22(14-19(17)23)12-7-10-16-8-5-4-6-9-16/h16-19,21H,3-15H2,1-2H3/p+1. The Labute approximate surface area is 153 Å². The number of carbonyl (C=O) groups excluding carboxylic acids is 1. The normalized spacial score (nSPS) is 31.8. The molecule has 144 valence electrons. The van der Waals surface area contributed by atoms with Gasteiger partial charge in [-0.1, -0.05) is 39.0 Å². The molecule has 1 aliphatic carbocycles. The van der Waals surface area contributed by atoms with Gasteiger partial charge in [0.25, 0.3) is 0 Å². The fourth-order valence-electron chi connectivity index (χ4n) is 5.34. The Kier molecular flexibility index (Phi) is 7.14. The van der Waals surface area contributed by atoms with Gasteiger partial charge in [-0.05, 0) is 31.7 Å². The predicted octanol–water partition coefficient (Wildman–Crippen LogP) is 1.58. The summed E-state index contributed by atoms with van der Waals surface area (Å²) in [7, 11) is 1.54. The highest BCUT2D eigenvalue weighted by molar-refractivity contribution is 5.75. The fourth-order valence-corrected chi connectivity index (χ4v) is 5.34. The number of carbonyl (C=O) groups is 1. The van der Waals surface area contributed by atoms with Crippen molar-refractivity contribution in [2.75, 3.05) is 33.4 Å². The van der Waals surface area contributed by atoms with Crippen molar-refractivity contribution in [1.29, 1.82) is 0 Å². The SMILES string of the molecule is CCCN1C[NH2+]C2CC(C(=O)OC)N(CCCC3CCCCC3)CC21. The molecule has 0 amide bonds. The second-order valence-corrected chi connectivity index (χ2v) is 8.38. The van der Waals surface area contributed by atoms with Gasteiger partial charge in [0.1, 0.15) is 18.8 Å². The smallest absolute Gasteiger partial charge is 0.323 e. The number of nitrogens with zero attached hydrogens (tertiary/aromatic N) is 2. The first-order chi connectivity index (χ1) is 12.2. The third kappa shape index (κ3) is 4.75. The molecule has 2 aliphatic heterocycles. The molecule has 0 spiro atoms. The van der Waals surface area contributed by atoms with Crippen LogP contribution in [0.4, 0.5) is 0 Å². The van der Waals surface area contributed by atoms with E-state index < -0.39 is 0 Å². The summed E-state index contributed by atoms with van der Waals surface area (Å²) >= 11 is 0. The van der Waals surface area contributed by atoms with Gasteiger partial charge in [-0.15, -0.1) is 0 Å². The van der Waals surface area contributed by atoms with Crippen LogP contribution in [0.3, 0.4) is 0 Å². The number of methoxy groups -OCH3 is 1. The highest BCUT2D eigenvalue weighted by Gasteiger charge is 2.47. The average molecular weight is 353 g/mol. The molecule has 5 heteroatoms. The van der Waals surface area contributed by atoms with Crippen LogP contribution < -0.4 is 5.32 Å². The molecule has 3 fully saturated rings. The number of hydrogen-bond acceptors (Lipinski definition) is 4. The maximum absolute atomic E-state index is 12.3. The van der Waals surface area contributed by atoms with Crippen molar-refractivity contribution in [3.8, 4) is 0 Å². The minimum absolute atomic E-state index is 0.0292. The number of likely N-dealkylation sites (tertiary alicyclic amines) is 1. The molecule has 5 nitrogen and oxygen atoms in total. The molecular weight excluding hydrogens is 314 g/mol. The van der Waals surface area contributed by atoms with Crippen LogP contribution in [0, 0.1) is 5.92 Å². The van der Waals surface area contributed by atoms with Crippen LogP contribution in [0.1, 0.15) is 64.7 Å². The topological polar surface area (TPSA) is 49.4 Å². The summed E-state index contributed by atoms with van der Waals surface area (Å²) in [4.78, 5) is 17.4. The van der Waals surface area contributed by atoms with Crippen LogP contribution in [-0.2, 0) is 9.53 Å². The van der Waals surface area contributed by atoms with E-state index in [0.29, 0.717) is 12.1 Å². The number of hydrogen-bond donors (Lipinski definition) is 1. The van der Waals surface area contributed by atoms with E-state index in [0.717, 1.165) is 32.1 Å². The number of quaternary nitrogens is 1. The highest BCUT2D eigenvalue weighted by atomic mass is 16.5. The zero-order valence-corrected chi connectivity index (χ0v) is 16.3. The van der Waals surface area contributed by atoms with Gasteiger partial charge in [0.2, 0.25) is 0 Å². The lowest BCUT2D eigenvalue weighted by molar-refractivity contribution is -0.678. The van der Waals surface area contributed by atoms with Crippen LogP contribution in [0.5, 0.6) is 0 Å². The second kappa shape index (κ2) is 9.33. The fraction of sp³-hybridized carbons (Fsp3) is 0.950. The van der Waals surface area contributed by atoms with Gasteiger partial charge >= 0.3 is 5.97 Å². The van der Waals surface area contributed by atoms with E-state index >= 15 is 0 Å². The van der Waals surface area contributed by atoms with Crippen LogP contribution in [0.25, 0.3) is 0 Å². The van der Waals surface area contributed by atoms with Gasteiger partial charge in [-0.25, -0.2) is 4.90 Å². The minimum Gasteiger partial charge on any atom is -0.468 e. The monoisotopic (exact) mass is 352 g/mol. The number of rotatable bonds is 7. The van der Waals surface area contributed by atoms with Crippen molar-refractivity contribution in [1.82, 2.24) is 9.80 Å². The molecule has 3 aliphatic rings. The molecular formula is C20H38N3O2+. The van der Waals surface area contributed by atoms with Crippen molar-refractivity contribution >= 4 is 5.97 Å². The van der Waals surface area contributed by atoms with Crippen molar-refractivity contribution in [3.63, 3.8) is 0 Å². The summed E-state index contributed by atoms with van der Waals surface area (Å²) in [5, 5.41) is 2.44. The second-order valence-electron chi connectivity index (χ2n) is 8.38. The number of piperidine rings is 1. The predicted molar refractivity (Wildman–Crippen MR) is 99.2 cm³/mol. The van der Waals surface area contributed by atoms with Crippen LogP contribution in [0.15, 0.2) is 0 Å². The maximum Gasteiger partial charge on any atom is 0.323 e. The van der Waals surface area contributed by atoms with Crippen LogP contribution in [-0.4, -0.2) is 67.3 Å². The molecule has 0 bridgehead atoms. The number of fused-ring (bicyclic) bond motifs is 1. The number of esters is 1. The molecule has 0 aromatic carbocycles. The molecule has 3 atom stereocenters. The minimum atomic E-state index is -0.0320. The van der Waals surface area contributed by atoms with Crippen molar-refractivity contribution < 1.29 is 14.8 Å². The Morgan fingerprint density at radius 3 is 2.68 bits per heavy atom. The van der Waals surface area contributed by atoms with E-state index in [1.807, 2.05) is 0 Å². The molecule has 1 saturated carbocycles. The Morgan fingerprint density at radius 1 is 1.16 bits per heavy atom. The van der Waals surface area contributed by atoms with Crippen molar-refractivity contribution in [2.45, 2.75) is 82.8 Å². The first-order valence-electron chi connectivity index (χ1n) is 10.6. The lowest BCUT2D eigenvalue weighted by atomic mass is 9.86. The maximum atomic E-state index is 12.3. The molecule has 2 saturated heterocycles. The van der Waals surface area contributed by atoms with Crippen LogP contribution in [0.2, 0.25) is 0 Å². The average Bonchev–Trinajstić information content (AvgIpc) is 3.03. The van der Waals surface area contributed by atoms with Gasteiger partial charge in [0, 0.05) is 19.5 Å². The van der Waals surface area contributed by atoms with Crippen molar-refractivity contribution in [3.05, 3.63) is 0 Å². The highest BCUT2D eigenvalue weighted by Crippen LogP contribution is 2.28. The Bertz CT molecular complexity index is 425. The van der Waals surface area contributed by atoms with Crippen molar-refractivity contribution in [2.24, 2.45) is 5.92 Å². The third-order valence-electron chi connectivity index (χ3n) is 6.73. The molecule has 25 heavy (non-hydrogen) atoms. The lowest BCUT2D eigenvalue weighted by Crippen LogP contribution is -2.89. The Morgan fingerprint density at radius 2 is 1.96 bits per heavy atom. The summed E-state index contributed by atoms with van der Waals surface area (Å²) in [6.45, 7) is 6.61. The van der Waals surface area contributed by atoms with Gasteiger partial charge in [-0.2, -0.15) is 0 Å². The molecule has 2 heterocycles. The summed E-state index contributed by atoms with van der Waals surface area (Å²) in [5.41, 5.74) is 0. The summed E-state index contributed by atoms with van der Waals surface area (Å²) < 4.78 is 5.13. The molecule has 0 aromatic rings. The van der Waals surface area contributed by atoms with E-state index in [4.69, 9.17) is 4.74 Å². The zero-order chi connectivity index (χ0) is 17.6. The van der Waals surface area contributed by atoms with Gasteiger partial charge in [0.15, 0.2) is 0 Å². The first kappa shape index (κ1) is 19.1. The summed E-state index contributed by atoms with van der Waals surface area (Å²) in [5.74, 6) is 0.901. The van der Waals surface area contributed by atoms with Crippen LogP contribution >= 0.6 is 0 Å². The molecule has 0 radical (unpaired) electrons. The van der Waals surface area contributed by atoms with Gasteiger partial charge < -0.3 is 10.1 Å². The van der Waals surface area contributed by atoms with E-state index in [2.05, 4.69) is 22.0 Å². The van der Waals surface area contributed by atoms with E-state index in [1.165, 1.54) is 65.0 Å². The molecule has 3 rings (SSSR count). The first-order valence-corrected chi connectivity index (χ1v) is 10.6. The van der Waals surface area contributed by atoms with E-state index in [1.54, 1.807) is 0 Å². The third-order valence-corrected chi connectivity index (χ3v) is 6.73. The van der Waals surface area contributed by atoms with E-state index in [-0.39, 0.29) is 12.0 Å². The van der Waals surface area contributed by atoms with E-state index in [9.17, 15) is 4.79 Å². The number of ether oxygens (including phenoxy) is 1. The Balaban J connectivity index is 1.56. The molecule has 3 unspecified atom stereocenters. The van der Waals surface area contributed by atoms with Gasteiger partial charge in [0.05, 0.1) is 13.2 Å². The zero-order valence-electron chi connectivity index (χ0n) is 16.3. The molecule has 2 N–H and O–H groups in total.